The zero-order valence-electron chi connectivity index (χ0n) is 17.6. The molecule has 2 aromatic heterocycles. The van der Waals surface area contributed by atoms with Crippen LogP contribution in [0.2, 0.25) is 0 Å². The van der Waals surface area contributed by atoms with Crippen LogP contribution in [0.15, 0.2) is 42.2 Å². The number of nitrogens with one attached hydrogen (secondary N) is 3. The van der Waals surface area contributed by atoms with Gasteiger partial charge in [0.15, 0.2) is 0 Å². The van der Waals surface area contributed by atoms with Gasteiger partial charge in [0.05, 0.1) is 47.1 Å². The molecule has 3 N–H and O–H groups in total. The Balaban J connectivity index is 1.38. The lowest BCUT2D eigenvalue weighted by molar-refractivity contribution is -0.137. The number of anilines is 2. The quantitative estimate of drug-likeness (QED) is 0.402. The molecule has 0 unspecified atom stereocenters. The van der Waals surface area contributed by atoms with Gasteiger partial charge in [-0.2, -0.15) is 13.2 Å². The Kier molecular flexibility index (Phi) is 6.56. The highest BCUT2D eigenvalue weighted by Gasteiger charge is 2.51. The summed E-state index contributed by atoms with van der Waals surface area (Å²) in [5.41, 5.74) is -2.29. The molecule has 0 bridgehead atoms. The Morgan fingerprint density at radius 1 is 1.14 bits per heavy atom. The SMILES string of the molecule is O=C(NC1(C(=O)NCc2ncc(Nc3c(F)cccc3C(F)(F)F)cc2F)CC1)Oc1cncs1. The number of hydrogen-bond donors (Lipinski definition) is 3. The summed E-state index contributed by atoms with van der Waals surface area (Å²) in [7, 11) is 0. The van der Waals surface area contributed by atoms with Crippen molar-refractivity contribution in [1.82, 2.24) is 20.6 Å². The van der Waals surface area contributed by atoms with E-state index in [4.69, 9.17) is 4.74 Å². The third-order valence-corrected chi connectivity index (χ3v) is 5.70. The van der Waals surface area contributed by atoms with E-state index in [1.54, 1.807) is 0 Å². The maximum atomic E-state index is 14.5. The first kappa shape index (κ1) is 24.3. The number of thiazole rings is 1. The fourth-order valence-corrected chi connectivity index (χ4v) is 3.60. The number of alkyl halides is 3. The van der Waals surface area contributed by atoms with Gasteiger partial charge in [-0.25, -0.2) is 18.6 Å². The minimum absolute atomic E-state index is 0.212. The number of rotatable bonds is 7. The number of ether oxygens (including phenoxy) is 1. The number of carbonyl (C=O) groups excluding carboxylic acids is 2. The first-order chi connectivity index (χ1) is 16.6. The summed E-state index contributed by atoms with van der Waals surface area (Å²) in [6, 6.07) is 3.27. The minimum atomic E-state index is -4.83. The van der Waals surface area contributed by atoms with Gasteiger partial charge in [0.1, 0.15) is 17.2 Å². The molecule has 0 spiro atoms. The van der Waals surface area contributed by atoms with E-state index < -0.39 is 46.6 Å². The summed E-state index contributed by atoms with van der Waals surface area (Å²) >= 11 is 1.09. The standard InChI is InChI=1S/C21H16F5N5O3S/c22-13-3-1-2-12(21(24,25)26)17(13)30-11-6-14(23)15(28-7-11)8-29-18(32)20(4-5-20)31-19(33)34-16-9-27-10-35-16/h1-3,6-7,9-10,30H,4-5,8H2,(H,29,32)(H,31,33). The average Bonchev–Trinajstić information content (AvgIpc) is 3.38. The van der Waals surface area contributed by atoms with E-state index in [0.717, 1.165) is 35.7 Å². The fraction of sp³-hybridized carbons (Fsp3) is 0.238. The van der Waals surface area contributed by atoms with Gasteiger partial charge in [0.2, 0.25) is 11.0 Å². The van der Waals surface area contributed by atoms with Crippen LogP contribution in [0, 0.1) is 11.6 Å². The van der Waals surface area contributed by atoms with E-state index in [2.05, 4.69) is 25.9 Å². The second-order valence-corrected chi connectivity index (χ2v) is 8.39. The van der Waals surface area contributed by atoms with E-state index in [1.807, 2.05) is 0 Å². The molecule has 0 atom stereocenters. The molecule has 8 nitrogen and oxygen atoms in total. The van der Waals surface area contributed by atoms with E-state index in [9.17, 15) is 31.5 Å². The maximum Gasteiger partial charge on any atom is 0.418 e. The number of halogens is 5. The summed E-state index contributed by atoms with van der Waals surface area (Å²) in [6.45, 7) is -0.355. The van der Waals surface area contributed by atoms with Crippen molar-refractivity contribution in [2.75, 3.05) is 5.32 Å². The molecule has 35 heavy (non-hydrogen) atoms. The minimum Gasteiger partial charge on any atom is -0.397 e. The molecule has 0 aliphatic heterocycles. The van der Waals surface area contributed by atoms with Crippen molar-refractivity contribution in [2.24, 2.45) is 0 Å². The van der Waals surface area contributed by atoms with Crippen LogP contribution in [0.4, 0.5) is 38.1 Å². The zero-order valence-corrected chi connectivity index (χ0v) is 18.4. The Morgan fingerprint density at radius 3 is 2.54 bits per heavy atom. The van der Waals surface area contributed by atoms with Gasteiger partial charge in [-0.05, 0) is 25.0 Å². The zero-order chi connectivity index (χ0) is 25.2. The van der Waals surface area contributed by atoms with Crippen molar-refractivity contribution in [1.29, 1.82) is 0 Å². The molecule has 2 heterocycles. The monoisotopic (exact) mass is 513 g/mol. The predicted molar refractivity (Wildman–Crippen MR) is 114 cm³/mol. The van der Waals surface area contributed by atoms with Crippen LogP contribution < -0.4 is 20.7 Å². The van der Waals surface area contributed by atoms with E-state index >= 15 is 0 Å². The largest absolute Gasteiger partial charge is 0.418 e. The Hall–Kier alpha value is -3.81. The molecule has 1 saturated carbocycles. The number of amides is 2. The van der Waals surface area contributed by atoms with Gasteiger partial charge in [0.25, 0.3) is 0 Å². The van der Waals surface area contributed by atoms with E-state index in [-0.39, 0.29) is 23.0 Å². The number of aromatic nitrogens is 2. The van der Waals surface area contributed by atoms with Crippen LogP contribution in [0.1, 0.15) is 24.1 Å². The van der Waals surface area contributed by atoms with Crippen molar-refractivity contribution < 1.29 is 36.3 Å². The number of nitrogens with zero attached hydrogens (tertiary/aromatic N) is 2. The normalized spacial score (nSPS) is 14.2. The van der Waals surface area contributed by atoms with Gasteiger partial charge in [0, 0.05) is 6.07 Å². The van der Waals surface area contributed by atoms with Crippen LogP contribution in [-0.2, 0) is 17.5 Å². The molecule has 0 radical (unpaired) electrons. The fourth-order valence-electron chi connectivity index (χ4n) is 3.13. The molecular formula is C21H16F5N5O3S. The molecular weight excluding hydrogens is 497 g/mol. The highest BCUT2D eigenvalue weighted by Crippen LogP contribution is 2.38. The van der Waals surface area contributed by atoms with Crippen LogP contribution in [-0.4, -0.2) is 27.5 Å². The summed E-state index contributed by atoms with van der Waals surface area (Å²) < 4.78 is 73.0. The second kappa shape index (κ2) is 9.44. The summed E-state index contributed by atoms with van der Waals surface area (Å²) in [5, 5.41) is 7.38. The number of benzene rings is 1. The summed E-state index contributed by atoms with van der Waals surface area (Å²) in [5.74, 6) is -2.70. The lowest BCUT2D eigenvalue weighted by Crippen LogP contribution is -2.49. The lowest BCUT2D eigenvalue weighted by atomic mass is 10.1. The van der Waals surface area contributed by atoms with Crippen molar-refractivity contribution >= 4 is 34.7 Å². The van der Waals surface area contributed by atoms with Gasteiger partial charge in [-0.15, -0.1) is 0 Å². The highest BCUT2D eigenvalue weighted by atomic mass is 32.1. The molecule has 2 amide bonds. The topological polar surface area (TPSA) is 105 Å². The second-order valence-electron chi connectivity index (χ2n) is 7.54. The number of para-hydroxylation sites is 1. The van der Waals surface area contributed by atoms with Crippen molar-refractivity contribution in [2.45, 2.75) is 31.1 Å². The molecule has 3 aromatic rings. The smallest absolute Gasteiger partial charge is 0.397 e. The van der Waals surface area contributed by atoms with Crippen LogP contribution >= 0.6 is 11.3 Å². The lowest BCUT2D eigenvalue weighted by Gasteiger charge is -2.17. The third kappa shape index (κ3) is 5.65. The average molecular weight is 513 g/mol. The summed E-state index contributed by atoms with van der Waals surface area (Å²) in [4.78, 5) is 32.1. The molecule has 1 aliphatic carbocycles. The predicted octanol–water partition coefficient (Wildman–Crippen LogP) is 4.52. The highest BCUT2D eigenvalue weighted by molar-refractivity contribution is 7.11. The molecule has 1 aromatic carbocycles. The van der Waals surface area contributed by atoms with Crippen LogP contribution in [0.25, 0.3) is 0 Å². The van der Waals surface area contributed by atoms with Crippen molar-refractivity contribution in [3.05, 3.63) is 65.1 Å². The molecule has 184 valence electrons. The van der Waals surface area contributed by atoms with Gasteiger partial charge < -0.3 is 20.7 Å². The Labute approximate surface area is 198 Å². The van der Waals surface area contributed by atoms with E-state index in [1.165, 1.54) is 11.7 Å². The van der Waals surface area contributed by atoms with Crippen LogP contribution in [0.5, 0.6) is 5.06 Å². The first-order valence-electron chi connectivity index (χ1n) is 10.0. The summed E-state index contributed by atoms with van der Waals surface area (Å²) in [6.07, 6.45) is -2.63. The van der Waals surface area contributed by atoms with E-state index in [0.29, 0.717) is 18.9 Å². The van der Waals surface area contributed by atoms with Crippen molar-refractivity contribution in [3.63, 3.8) is 0 Å². The maximum absolute atomic E-state index is 14.5. The molecule has 1 fully saturated rings. The molecule has 4 rings (SSSR count). The molecule has 14 heteroatoms. The number of pyridine rings is 1. The number of hydrogen-bond acceptors (Lipinski definition) is 7. The van der Waals surface area contributed by atoms with Crippen LogP contribution in [0.3, 0.4) is 0 Å². The number of carbonyl (C=O) groups is 2. The van der Waals surface area contributed by atoms with Crippen molar-refractivity contribution in [3.8, 4) is 5.06 Å². The molecule has 0 saturated heterocycles. The molecule has 1 aliphatic rings. The van der Waals surface area contributed by atoms with Gasteiger partial charge in [-0.3, -0.25) is 9.78 Å². The third-order valence-electron chi connectivity index (χ3n) is 5.05. The van der Waals surface area contributed by atoms with Gasteiger partial charge >= 0.3 is 12.3 Å². The van der Waals surface area contributed by atoms with Gasteiger partial charge in [-0.1, -0.05) is 17.4 Å². The first-order valence-corrected chi connectivity index (χ1v) is 10.9. The Morgan fingerprint density at radius 2 is 1.91 bits per heavy atom. The Bertz CT molecular complexity index is 1250.